The van der Waals surface area contributed by atoms with Gasteiger partial charge in [0.05, 0.1) is 19.4 Å². The van der Waals surface area contributed by atoms with Gasteiger partial charge in [0, 0.05) is 18.7 Å². The zero-order chi connectivity index (χ0) is 13.7. The Morgan fingerprint density at radius 2 is 1.84 bits per heavy atom. The number of hydrogen-bond acceptors (Lipinski definition) is 2. The van der Waals surface area contributed by atoms with Gasteiger partial charge in [-0.05, 0) is 6.92 Å². The predicted molar refractivity (Wildman–Crippen MR) is 79.9 cm³/mol. The van der Waals surface area contributed by atoms with Gasteiger partial charge in [0.2, 0.25) is 0 Å². The number of aliphatic imine (C=N–C) groups is 1. The Kier molecular flexibility index (Phi) is 5.25. The van der Waals surface area contributed by atoms with E-state index in [1.807, 2.05) is 0 Å². The summed E-state index contributed by atoms with van der Waals surface area (Å²) in [5.74, 6) is 0.877. The Labute approximate surface area is 123 Å². The van der Waals surface area contributed by atoms with E-state index in [1.165, 1.54) is 11.8 Å². The standard InChI is InChI=1S/C14H16Cl2N2O/c1-11-2-4-12(5-3-11)14(17-10-13(15)16)18-6-8-19-9-7-18/h2-5,10H,6-9H2,1H3. The molecule has 1 fully saturated rings. The van der Waals surface area contributed by atoms with Crippen LogP contribution in [-0.2, 0) is 4.74 Å². The molecule has 1 aromatic carbocycles. The maximum Gasteiger partial charge on any atom is 0.136 e. The highest BCUT2D eigenvalue weighted by molar-refractivity contribution is 6.55. The number of rotatable bonds is 2. The number of aryl methyl sites for hydroxylation is 1. The van der Waals surface area contributed by atoms with Crippen LogP contribution in [0, 0.1) is 6.92 Å². The Balaban J connectivity index is 2.30. The van der Waals surface area contributed by atoms with Crippen molar-refractivity contribution in [2.24, 2.45) is 4.99 Å². The van der Waals surface area contributed by atoms with Crippen molar-refractivity contribution in [2.45, 2.75) is 6.92 Å². The maximum absolute atomic E-state index is 5.65. The van der Waals surface area contributed by atoms with Crippen molar-refractivity contribution < 1.29 is 4.74 Å². The largest absolute Gasteiger partial charge is 0.378 e. The molecular weight excluding hydrogens is 283 g/mol. The third-order valence-corrected chi connectivity index (χ3v) is 3.10. The number of nitrogens with zero attached hydrogens (tertiary/aromatic N) is 2. The molecule has 1 aliphatic rings. The normalized spacial score (nSPS) is 16.4. The molecule has 1 saturated heterocycles. The van der Waals surface area contributed by atoms with Crippen molar-refractivity contribution in [3.8, 4) is 0 Å². The summed E-state index contributed by atoms with van der Waals surface area (Å²) in [7, 11) is 0. The van der Waals surface area contributed by atoms with E-state index in [0.29, 0.717) is 13.2 Å². The first-order valence-electron chi connectivity index (χ1n) is 6.15. The van der Waals surface area contributed by atoms with Crippen molar-refractivity contribution in [2.75, 3.05) is 26.3 Å². The summed E-state index contributed by atoms with van der Waals surface area (Å²) in [4.78, 5) is 6.59. The first-order chi connectivity index (χ1) is 9.16. The lowest BCUT2D eigenvalue weighted by atomic mass is 10.1. The molecule has 2 rings (SSSR count). The van der Waals surface area contributed by atoms with Crippen LogP contribution in [0.1, 0.15) is 11.1 Å². The highest BCUT2D eigenvalue weighted by Crippen LogP contribution is 2.13. The van der Waals surface area contributed by atoms with E-state index >= 15 is 0 Å². The second kappa shape index (κ2) is 6.94. The van der Waals surface area contributed by atoms with Crippen molar-refractivity contribution in [3.05, 3.63) is 46.1 Å². The summed E-state index contributed by atoms with van der Waals surface area (Å²) in [6.07, 6.45) is 1.47. The number of amidine groups is 1. The molecule has 1 aliphatic heterocycles. The number of hydrogen-bond donors (Lipinski definition) is 0. The summed E-state index contributed by atoms with van der Waals surface area (Å²) < 4.78 is 5.52. The fraction of sp³-hybridized carbons (Fsp3) is 0.357. The molecule has 0 saturated carbocycles. The Bertz CT molecular complexity index is 473. The monoisotopic (exact) mass is 298 g/mol. The van der Waals surface area contributed by atoms with Crippen LogP contribution >= 0.6 is 23.2 Å². The summed E-state index contributed by atoms with van der Waals surface area (Å²) in [5, 5.41) is 0. The smallest absolute Gasteiger partial charge is 0.136 e. The van der Waals surface area contributed by atoms with Gasteiger partial charge in [-0.2, -0.15) is 0 Å². The molecule has 0 aromatic heterocycles. The fourth-order valence-corrected chi connectivity index (χ4v) is 2.02. The molecule has 0 atom stereocenters. The number of morpholine rings is 1. The number of benzene rings is 1. The van der Waals surface area contributed by atoms with Gasteiger partial charge >= 0.3 is 0 Å². The Morgan fingerprint density at radius 1 is 1.21 bits per heavy atom. The molecule has 0 N–H and O–H groups in total. The topological polar surface area (TPSA) is 24.8 Å². The fourth-order valence-electron chi connectivity index (χ4n) is 1.93. The van der Waals surface area contributed by atoms with E-state index in [0.717, 1.165) is 24.5 Å². The first-order valence-corrected chi connectivity index (χ1v) is 6.91. The van der Waals surface area contributed by atoms with Gasteiger partial charge in [-0.3, -0.25) is 0 Å². The minimum Gasteiger partial charge on any atom is -0.378 e. The van der Waals surface area contributed by atoms with E-state index in [1.54, 1.807) is 0 Å². The average molecular weight is 299 g/mol. The van der Waals surface area contributed by atoms with Crippen LogP contribution in [0.25, 0.3) is 0 Å². The van der Waals surface area contributed by atoms with Gasteiger partial charge in [-0.25, -0.2) is 4.99 Å². The highest BCUT2D eigenvalue weighted by atomic mass is 35.5. The van der Waals surface area contributed by atoms with Crippen LogP contribution in [0.5, 0.6) is 0 Å². The highest BCUT2D eigenvalue weighted by Gasteiger charge is 2.16. The van der Waals surface area contributed by atoms with Gasteiger partial charge in [0.1, 0.15) is 10.3 Å². The van der Waals surface area contributed by atoms with Crippen molar-refractivity contribution in [1.82, 2.24) is 4.90 Å². The van der Waals surface area contributed by atoms with Crippen LogP contribution in [-0.4, -0.2) is 37.0 Å². The van der Waals surface area contributed by atoms with E-state index in [-0.39, 0.29) is 4.49 Å². The minimum absolute atomic E-state index is 0.151. The summed E-state index contributed by atoms with van der Waals surface area (Å²) in [6.45, 7) is 5.12. The lowest BCUT2D eigenvalue weighted by Crippen LogP contribution is -2.41. The lowest BCUT2D eigenvalue weighted by Gasteiger charge is -2.29. The molecule has 0 unspecified atom stereocenters. The molecule has 0 radical (unpaired) electrons. The maximum atomic E-state index is 5.65. The molecule has 1 aromatic rings. The van der Waals surface area contributed by atoms with Crippen molar-refractivity contribution >= 4 is 29.0 Å². The Morgan fingerprint density at radius 3 is 2.42 bits per heavy atom. The van der Waals surface area contributed by atoms with Crippen molar-refractivity contribution in [1.29, 1.82) is 0 Å². The minimum atomic E-state index is 0.151. The zero-order valence-corrected chi connectivity index (χ0v) is 12.3. The quantitative estimate of drug-likeness (QED) is 0.618. The van der Waals surface area contributed by atoms with E-state index < -0.39 is 0 Å². The molecule has 3 nitrogen and oxygen atoms in total. The average Bonchev–Trinajstić information content (AvgIpc) is 2.42. The SMILES string of the molecule is Cc1ccc(C(=NC=C(Cl)Cl)N2CCOCC2)cc1. The van der Waals surface area contributed by atoms with Crippen molar-refractivity contribution in [3.63, 3.8) is 0 Å². The third kappa shape index (κ3) is 4.23. The van der Waals surface area contributed by atoms with Gasteiger partial charge < -0.3 is 9.64 Å². The molecule has 1 heterocycles. The van der Waals surface area contributed by atoms with Crippen LogP contribution < -0.4 is 0 Å². The van der Waals surface area contributed by atoms with Gasteiger partial charge in [0.15, 0.2) is 0 Å². The number of halogens is 2. The molecular formula is C14H16Cl2N2O. The summed E-state index contributed by atoms with van der Waals surface area (Å²) >= 11 is 11.3. The second-order valence-corrected chi connectivity index (χ2v) is 5.34. The van der Waals surface area contributed by atoms with Gasteiger partial charge in [-0.1, -0.05) is 53.0 Å². The van der Waals surface area contributed by atoms with Crippen LogP contribution in [0.3, 0.4) is 0 Å². The molecule has 102 valence electrons. The van der Waals surface area contributed by atoms with E-state index in [4.69, 9.17) is 27.9 Å². The molecule has 0 aliphatic carbocycles. The first kappa shape index (κ1) is 14.4. The van der Waals surface area contributed by atoms with Gasteiger partial charge in [0.25, 0.3) is 0 Å². The number of ether oxygens (including phenoxy) is 1. The summed E-state index contributed by atoms with van der Waals surface area (Å²) in [6, 6.07) is 8.24. The van der Waals surface area contributed by atoms with Crippen LogP contribution in [0.15, 0.2) is 39.9 Å². The molecule has 0 spiro atoms. The zero-order valence-electron chi connectivity index (χ0n) is 10.8. The molecule has 0 amide bonds. The van der Waals surface area contributed by atoms with E-state index in [9.17, 15) is 0 Å². The van der Waals surface area contributed by atoms with E-state index in [2.05, 4.69) is 41.1 Å². The molecule has 5 heteroatoms. The molecule has 19 heavy (non-hydrogen) atoms. The Hall–Kier alpha value is -1.03. The third-order valence-electron chi connectivity index (χ3n) is 2.90. The lowest BCUT2D eigenvalue weighted by molar-refractivity contribution is 0.0683. The molecule has 0 bridgehead atoms. The second-order valence-electron chi connectivity index (χ2n) is 4.34. The van der Waals surface area contributed by atoms with Crippen LogP contribution in [0.2, 0.25) is 0 Å². The van der Waals surface area contributed by atoms with Crippen LogP contribution in [0.4, 0.5) is 0 Å². The van der Waals surface area contributed by atoms with Gasteiger partial charge in [-0.15, -0.1) is 0 Å². The summed E-state index contributed by atoms with van der Waals surface area (Å²) in [5.41, 5.74) is 2.27. The predicted octanol–water partition coefficient (Wildman–Crippen LogP) is 3.35.